The number of fused-ring (bicyclic) bond motifs is 1. The van der Waals surface area contributed by atoms with Crippen molar-refractivity contribution in [1.29, 1.82) is 0 Å². The van der Waals surface area contributed by atoms with Crippen molar-refractivity contribution in [3.8, 4) is 0 Å². The molecule has 0 spiro atoms. The molecule has 28 heavy (non-hydrogen) atoms. The molecule has 1 atom stereocenters. The van der Waals surface area contributed by atoms with E-state index in [1.54, 1.807) is 0 Å². The highest BCUT2D eigenvalue weighted by molar-refractivity contribution is 5.99. The van der Waals surface area contributed by atoms with Gasteiger partial charge >= 0.3 is 5.69 Å². The number of para-hydroxylation sites is 2. The van der Waals surface area contributed by atoms with Crippen LogP contribution in [0.25, 0.3) is 11.0 Å². The summed E-state index contributed by atoms with van der Waals surface area (Å²) < 4.78 is 1.90. The number of imidazole rings is 1. The van der Waals surface area contributed by atoms with Gasteiger partial charge in [-0.15, -0.1) is 0 Å². The number of nitrogens with zero attached hydrogens (tertiary/aromatic N) is 2. The molecular weight excluding hydrogens is 352 g/mol. The van der Waals surface area contributed by atoms with Gasteiger partial charge in [-0.1, -0.05) is 42.5 Å². The van der Waals surface area contributed by atoms with Gasteiger partial charge in [0.25, 0.3) is 0 Å². The van der Waals surface area contributed by atoms with Gasteiger partial charge in [0.1, 0.15) is 0 Å². The molecule has 1 aliphatic rings. The van der Waals surface area contributed by atoms with Crippen LogP contribution < -0.4 is 11.4 Å². The van der Waals surface area contributed by atoms with Crippen LogP contribution in [-0.4, -0.2) is 45.9 Å². The van der Waals surface area contributed by atoms with Crippen molar-refractivity contribution < 1.29 is 4.79 Å². The van der Waals surface area contributed by atoms with E-state index in [1.165, 1.54) is 0 Å². The third-order valence-corrected chi connectivity index (χ3v) is 5.70. The monoisotopic (exact) mass is 378 g/mol. The number of benzene rings is 2. The van der Waals surface area contributed by atoms with E-state index in [1.807, 2.05) is 59.2 Å². The molecule has 1 aromatic heterocycles. The van der Waals surface area contributed by atoms with Crippen molar-refractivity contribution in [2.24, 2.45) is 5.73 Å². The number of nitrogens with two attached hydrogens (primary N) is 1. The van der Waals surface area contributed by atoms with Crippen LogP contribution in [0.1, 0.15) is 35.7 Å². The summed E-state index contributed by atoms with van der Waals surface area (Å²) in [4.78, 5) is 30.1. The molecule has 6 nitrogen and oxygen atoms in total. The van der Waals surface area contributed by atoms with Gasteiger partial charge in [-0.25, -0.2) is 4.79 Å². The van der Waals surface area contributed by atoms with Crippen molar-refractivity contribution in [2.75, 3.05) is 19.6 Å². The van der Waals surface area contributed by atoms with Gasteiger partial charge in [0, 0.05) is 31.2 Å². The van der Waals surface area contributed by atoms with Crippen LogP contribution in [0.15, 0.2) is 59.4 Å². The van der Waals surface area contributed by atoms with Gasteiger partial charge in [-0.3, -0.25) is 9.36 Å². The van der Waals surface area contributed by atoms with Gasteiger partial charge < -0.3 is 15.6 Å². The average Bonchev–Trinajstić information content (AvgIpc) is 3.08. The van der Waals surface area contributed by atoms with E-state index in [0.717, 1.165) is 43.5 Å². The minimum absolute atomic E-state index is 0.000769. The maximum absolute atomic E-state index is 12.4. The van der Waals surface area contributed by atoms with E-state index >= 15 is 0 Å². The number of hydrogen-bond donors (Lipinski definition) is 2. The van der Waals surface area contributed by atoms with E-state index in [9.17, 15) is 9.59 Å². The fourth-order valence-corrected chi connectivity index (χ4v) is 4.11. The van der Waals surface area contributed by atoms with Gasteiger partial charge in [0.15, 0.2) is 5.78 Å². The number of ketones is 1. The molecule has 1 aliphatic heterocycles. The highest BCUT2D eigenvalue weighted by Crippen LogP contribution is 2.25. The summed E-state index contributed by atoms with van der Waals surface area (Å²) in [5.74, 6) is 0.000769. The Kier molecular flexibility index (Phi) is 5.41. The molecule has 0 radical (unpaired) electrons. The molecule has 2 aromatic carbocycles. The second kappa shape index (κ2) is 8.12. The van der Waals surface area contributed by atoms with E-state index in [-0.39, 0.29) is 17.5 Å². The molecule has 1 unspecified atom stereocenters. The molecule has 0 amide bonds. The lowest BCUT2D eigenvalue weighted by Gasteiger charge is -2.33. The lowest BCUT2D eigenvalue weighted by Crippen LogP contribution is -2.40. The summed E-state index contributed by atoms with van der Waals surface area (Å²) in [6.07, 6.45) is 2.48. The number of likely N-dealkylation sites (tertiary alicyclic amines) is 1. The smallest absolute Gasteiger partial charge is 0.321 e. The molecule has 4 rings (SSSR count). The summed E-state index contributed by atoms with van der Waals surface area (Å²) in [5.41, 5.74) is 8.63. The maximum Gasteiger partial charge on any atom is 0.326 e. The Morgan fingerprint density at radius 2 is 1.75 bits per heavy atom. The number of aromatic amines is 1. The van der Waals surface area contributed by atoms with Crippen LogP contribution in [0.5, 0.6) is 0 Å². The standard InChI is InChI=1S/C22H26N4O2/c23-18(21(27)16-6-2-1-3-7-16)12-15-25-13-10-17(11-14-25)26-20-9-5-4-8-19(20)24-22(26)28/h1-9,17-18H,10-15,23H2,(H,24,28). The second-order valence-electron chi connectivity index (χ2n) is 7.52. The molecule has 0 bridgehead atoms. The number of carbonyl (C=O) groups excluding carboxylic acids is 1. The molecule has 1 saturated heterocycles. The third-order valence-electron chi connectivity index (χ3n) is 5.70. The molecule has 6 heteroatoms. The van der Waals surface area contributed by atoms with E-state index in [0.29, 0.717) is 12.0 Å². The zero-order valence-corrected chi connectivity index (χ0v) is 15.9. The first-order chi connectivity index (χ1) is 13.6. The van der Waals surface area contributed by atoms with Gasteiger partial charge in [-0.05, 0) is 31.4 Å². The number of hydrogen-bond acceptors (Lipinski definition) is 4. The quantitative estimate of drug-likeness (QED) is 0.646. The molecular formula is C22H26N4O2. The molecule has 0 saturated carbocycles. The molecule has 0 aliphatic carbocycles. The first-order valence-corrected chi connectivity index (χ1v) is 9.90. The minimum atomic E-state index is -0.476. The maximum atomic E-state index is 12.4. The van der Waals surface area contributed by atoms with Crippen molar-refractivity contribution in [3.05, 3.63) is 70.6 Å². The average molecular weight is 378 g/mol. The van der Waals surface area contributed by atoms with Crippen LogP contribution in [0, 0.1) is 0 Å². The van der Waals surface area contributed by atoms with E-state index in [4.69, 9.17) is 5.73 Å². The van der Waals surface area contributed by atoms with Crippen molar-refractivity contribution in [2.45, 2.75) is 31.3 Å². The van der Waals surface area contributed by atoms with Crippen LogP contribution >= 0.6 is 0 Å². The number of aromatic nitrogens is 2. The number of piperidine rings is 1. The highest BCUT2D eigenvalue weighted by atomic mass is 16.1. The number of Topliss-reactive ketones (excluding diaryl/α,β-unsaturated/α-hetero) is 1. The molecule has 2 heterocycles. The summed E-state index contributed by atoms with van der Waals surface area (Å²) in [5, 5.41) is 0. The fourth-order valence-electron chi connectivity index (χ4n) is 4.11. The Labute approximate surface area is 164 Å². The number of nitrogens with one attached hydrogen (secondary N) is 1. The van der Waals surface area contributed by atoms with E-state index in [2.05, 4.69) is 9.88 Å². The molecule has 3 N–H and O–H groups in total. The fraction of sp³-hybridized carbons (Fsp3) is 0.364. The van der Waals surface area contributed by atoms with Crippen LogP contribution in [0.3, 0.4) is 0 Å². The SMILES string of the molecule is NC(CCN1CCC(n2c(=O)[nH]c3ccccc32)CC1)C(=O)c1ccccc1. The second-order valence-corrected chi connectivity index (χ2v) is 7.52. The normalized spacial score (nSPS) is 17.0. The summed E-state index contributed by atoms with van der Waals surface area (Å²) >= 11 is 0. The molecule has 146 valence electrons. The predicted octanol–water partition coefficient (Wildman–Crippen LogP) is 2.57. The Morgan fingerprint density at radius 1 is 1.07 bits per heavy atom. The van der Waals surface area contributed by atoms with Crippen molar-refractivity contribution in [1.82, 2.24) is 14.5 Å². The molecule has 1 fully saturated rings. The first kappa shape index (κ1) is 18.7. The number of rotatable bonds is 6. The molecule has 3 aromatic rings. The van der Waals surface area contributed by atoms with Crippen LogP contribution in [0.4, 0.5) is 0 Å². The van der Waals surface area contributed by atoms with Gasteiger partial charge in [0.2, 0.25) is 0 Å². The van der Waals surface area contributed by atoms with Crippen molar-refractivity contribution >= 4 is 16.8 Å². The zero-order valence-electron chi connectivity index (χ0n) is 15.9. The Morgan fingerprint density at radius 3 is 2.50 bits per heavy atom. The highest BCUT2D eigenvalue weighted by Gasteiger charge is 2.24. The Bertz CT molecular complexity index is 1000. The van der Waals surface area contributed by atoms with Crippen molar-refractivity contribution in [3.63, 3.8) is 0 Å². The lowest BCUT2D eigenvalue weighted by atomic mass is 10.0. The number of carbonyl (C=O) groups is 1. The summed E-state index contributed by atoms with van der Waals surface area (Å²) in [7, 11) is 0. The minimum Gasteiger partial charge on any atom is -0.321 e. The Balaban J connectivity index is 1.33. The van der Waals surface area contributed by atoms with Gasteiger partial charge in [0.05, 0.1) is 17.1 Å². The van der Waals surface area contributed by atoms with Crippen LogP contribution in [-0.2, 0) is 0 Å². The predicted molar refractivity (Wildman–Crippen MR) is 111 cm³/mol. The summed E-state index contributed by atoms with van der Waals surface area (Å²) in [6.45, 7) is 2.61. The lowest BCUT2D eigenvalue weighted by molar-refractivity contribution is 0.0945. The number of H-pyrrole nitrogens is 1. The summed E-state index contributed by atoms with van der Waals surface area (Å²) in [6, 6.07) is 16.8. The zero-order chi connectivity index (χ0) is 19.5. The largest absolute Gasteiger partial charge is 0.326 e. The Hall–Kier alpha value is -2.70. The third kappa shape index (κ3) is 3.79. The van der Waals surface area contributed by atoms with Crippen LogP contribution in [0.2, 0.25) is 0 Å². The van der Waals surface area contributed by atoms with Gasteiger partial charge in [-0.2, -0.15) is 0 Å². The first-order valence-electron chi connectivity index (χ1n) is 9.90. The van der Waals surface area contributed by atoms with E-state index < -0.39 is 6.04 Å². The topological polar surface area (TPSA) is 84.1 Å².